The van der Waals surface area contributed by atoms with Crippen molar-refractivity contribution in [1.82, 2.24) is 5.32 Å². The molecule has 122 valence electrons. The minimum Gasteiger partial charge on any atom is -0.480 e. The van der Waals surface area contributed by atoms with Crippen LogP contribution < -0.4 is 5.32 Å². The van der Waals surface area contributed by atoms with Crippen molar-refractivity contribution >= 4 is 17.7 Å². The van der Waals surface area contributed by atoms with Gasteiger partial charge in [0.1, 0.15) is 5.54 Å². The Hall–Kier alpha value is -0.220. The van der Waals surface area contributed by atoms with Crippen LogP contribution in [0.25, 0.3) is 0 Å². The molecule has 2 aliphatic rings. The van der Waals surface area contributed by atoms with Gasteiger partial charge in [0.25, 0.3) is 0 Å². The van der Waals surface area contributed by atoms with Gasteiger partial charge in [-0.25, -0.2) is 0 Å². The maximum atomic E-state index is 11.8. The molecule has 0 heterocycles. The summed E-state index contributed by atoms with van der Waals surface area (Å²) in [4.78, 5) is 11.8. The van der Waals surface area contributed by atoms with Crippen LogP contribution in [0, 0.1) is 11.8 Å². The quantitative estimate of drug-likeness (QED) is 0.748. The number of carboxylic acid groups (broad SMARTS) is 1. The fraction of sp³-hybridized carbons (Fsp3) is 0.941. The van der Waals surface area contributed by atoms with Crippen molar-refractivity contribution in [2.45, 2.75) is 76.0 Å². The third-order valence-corrected chi connectivity index (χ3v) is 6.77. The van der Waals surface area contributed by atoms with E-state index in [1.54, 1.807) is 0 Å². The van der Waals surface area contributed by atoms with E-state index in [-0.39, 0.29) is 0 Å². The Morgan fingerprint density at radius 3 is 2.81 bits per heavy atom. The van der Waals surface area contributed by atoms with Crippen molar-refractivity contribution in [2.75, 3.05) is 12.3 Å². The van der Waals surface area contributed by atoms with Gasteiger partial charge in [0, 0.05) is 5.25 Å². The second kappa shape index (κ2) is 7.87. The predicted molar refractivity (Wildman–Crippen MR) is 89.9 cm³/mol. The number of thioether (sulfide) groups is 1. The summed E-state index contributed by atoms with van der Waals surface area (Å²) in [6, 6.07) is 0. The Kier molecular flexibility index (Phi) is 6.42. The molecule has 0 spiro atoms. The van der Waals surface area contributed by atoms with Crippen molar-refractivity contribution in [2.24, 2.45) is 11.8 Å². The molecule has 21 heavy (non-hydrogen) atoms. The van der Waals surface area contributed by atoms with Crippen LogP contribution in [0.5, 0.6) is 0 Å². The van der Waals surface area contributed by atoms with Gasteiger partial charge in [-0.2, -0.15) is 11.8 Å². The molecule has 3 nitrogen and oxygen atoms in total. The minimum absolute atomic E-state index is 0.309. The van der Waals surface area contributed by atoms with Gasteiger partial charge in [0.15, 0.2) is 0 Å². The lowest BCUT2D eigenvalue weighted by Crippen LogP contribution is -2.54. The van der Waals surface area contributed by atoms with E-state index in [0.717, 1.165) is 49.1 Å². The van der Waals surface area contributed by atoms with Crippen molar-refractivity contribution in [3.8, 4) is 0 Å². The van der Waals surface area contributed by atoms with Crippen LogP contribution in [0.3, 0.4) is 0 Å². The first-order valence-electron chi connectivity index (χ1n) is 8.68. The van der Waals surface area contributed by atoms with Gasteiger partial charge >= 0.3 is 5.97 Å². The SMILES string of the molecule is CCNC1(C(=O)O)CCCC1CCSC1CCCC(C)C1. The fourth-order valence-electron chi connectivity index (χ4n) is 4.28. The molecular weight excluding hydrogens is 282 g/mol. The van der Waals surface area contributed by atoms with E-state index < -0.39 is 11.5 Å². The number of hydrogen-bond acceptors (Lipinski definition) is 3. The Balaban J connectivity index is 1.82. The maximum Gasteiger partial charge on any atom is 0.324 e. The highest BCUT2D eigenvalue weighted by Crippen LogP contribution is 2.40. The largest absolute Gasteiger partial charge is 0.480 e. The van der Waals surface area contributed by atoms with E-state index in [0.29, 0.717) is 5.92 Å². The van der Waals surface area contributed by atoms with Crippen LogP contribution in [-0.2, 0) is 4.79 Å². The average molecular weight is 314 g/mol. The summed E-state index contributed by atoms with van der Waals surface area (Å²) in [6.07, 6.45) is 9.45. The van der Waals surface area contributed by atoms with Crippen LogP contribution in [0.15, 0.2) is 0 Å². The Labute approximate surface area is 133 Å². The second-order valence-electron chi connectivity index (χ2n) is 6.95. The Bertz CT molecular complexity index is 350. The zero-order valence-electron chi connectivity index (χ0n) is 13.6. The van der Waals surface area contributed by atoms with Crippen LogP contribution in [0.4, 0.5) is 0 Å². The lowest BCUT2D eigenvalue weighted by Gasteiger charge is -2.33. The number of nitrogens with one attached hydrogen (secondary N) is 1. The Morgan fingerprint density at radius 2 is 2.14 bits per heavy atom. The van der Waals surface area contributed by atoms with E-state index >= 15 is 0 Å². The lowest BCUT2D eigenvalue weighted by atomic mass is 9.85. The van der Waals surface area contributed by atoms with E-state index in [9.17, 15) is 9.90 Å². The normalized spacial score (nSPS) is 36.8. The smallest absolute Gasteiger partial charge is 0.324 e. The first-order valence-corrected chi connectivity index (χ1v) is 9.73. The van der Waals surface area contributed by atoms with Crippen LogP contribution in [0.2, 0.25) is 0 Å². The van der Waals surface area contributed by atoms with E-state index in [4.69, 9.17) is 0 Å². The predicted octanol–water partition coefficient (Wildman–Crippen LogP) is 3.92. The molecule has 0 aromatic heterocycles. The van der Waals surface area contributed by atoms with Gasteiger partial charge in [-0.3, -0.25) is 4.79 Å². The molecule has 2 aliphatic carbocycles. The highest BCUT2D eigenvalue weighted by Gasteiger charge is 2.48. The highest BCUT2D eigenvalue weighted by molar-refractivity contribution is 7.99. The molecule has 0 saturated heterocycles. The van der Waals surface area contributed by atoms with Crippen LogP contribution >= 0.6 is 11.8 Å². The van der Waals surface area contributed by atoms with Gasteiger partial charge in [-0.1, -0.05) is 33.1 Å². The van der Waals surface area contributed by atoms with Crippen molar-refractivity contribution in [3.05, 3.63) is 0 Å². The van der Waals surface area contributed by atoms with Crippen molar-refractivity contribution in [3.63, 3.8) is 0 Å². The van der Waals surface area contributed by atoms with Gasteiger partial charge in [-0.15, -0.1) is 0 Å². The fourth-order valence-corrected chi connectivity index (χ4v) is 5.83. The lowest BCUT2D eigenvalue weighted by molar-refractivity contribution is -0.146. The number of carbonyl (C=O) groups is 1. The third-order valence-electron chi connectivity index (χ3n) is 5.40. The molecule has 0 aromatic rings. The number of carboxylic acids is 1. The average Bonchev–Trinajstić information content (AvgIpc) is 2.84. The van der Waals surface area contributed by atoms with Crippen LogP contribution in [0.1, 0.15) is 65.2 Å². The molecule has 0 amide bonds. The standard InChI is InChI=1S/C17H31NO2S/c1-3-18-17(16(19)20)10-5-7-14(17)9-11-21-15-8-4-6-13(2)12-15/h13-15,18H,3-12H2,1-2H3,(H,19,20). The summed E-state index contributed by atoms with van der Waals surface area (Å²) in [7, 11) is 0. The number of aliphatic carboxylic acids is 1. The Morgan fingerprint density at radius 1 is 1.33 bits per heavy atom. The molecule has 2 fully saturated rings. The number of hydrogen-bond donors (Lipinski definition) is 2. The van der Waals surface area contributed by atoms with Gasteiger partial charge in [0.05, 0.1) is 0 Å². The minimum atomic E-state index is -0.644. The van der Waals surface area contributed by atoms with Gasteiger partial charge < -0.3 is 10.4 Å². The summed E-state index contributed by atoms with van der Waals surface area (Å²) < 4.78 is 0. The maximum absolute atomic E-state index is 11.8. The van der Waals surface area contributed by atoms with Crippen molar-refractivity contribution < 1.29 is 9.90 Å². The number of rotatable bonds is 7. The van der Waals surface area contributed by atoms with E-state index in [1.807, 2.05) is 6.92 Å². The molecule has 0 radical (unpaired) electrons. The summed E-state index contributed by atoms with van der Waals surface area (Å²) in [5.41, 5.74) is -0.644. The molecule has 2 N–H and O–H groups in total. The van der Waals surface area contributed by atoms with E-state index in [1.165, 1.54) is 25.7 Å². The molecule has 0 aromatic carbocycles. The molecular formula is C17H31NO2S. The zero-order chi connectivity index (χ0) is 15.3. The van der Waals surface area contributed by atoms with Crippen molar-refractivity contribution in [1.29, 1.82) is 0 Å². The monoisotopic (exact) mass is 313 g/mol. The van der Waals surface area contributed by atoms with Gasteiger partial charge in [0.2, 0.25) is 0 Å². The first-order chi connectivity index (χ1) is 10.1. The van der Waals surface area contributed by atoms with E-state index in [2.05, 4.69) is 24.0 Å². The molecule has 0 aliphatic heterocycles. The highest BCUT2D eigenvalue weighted by atomic mass is 32.2. The first kappa shape index (κ1) is 17.1. The molecule has 2 rings (SSSR count). The summed E-state index contributed by atoms with van der Waals surface area (Å²) in [5.74, 6) is 1.68. The molecule has 2 saturated carbocycles. The molecule has 4 unspecified atom stereocenters. The summed E-state index contributed by atoms with van der Waals surface area (Å²) in [6.45, 7) is 5.12. The second-order valence-corrected chi connectivity index (χ2v) is 8.36. The number of likely N-dealkylation sites (N-methyl/N-ethyl adjacent to an activating group) is 1. The molecule has 0 bridgehead atoms. The third kappa shape index (κ3) is 4.16. The zero-order valence-corrected chi connectivity index (χ0v) is 14.4. The van der Waals surface area contributed by atoms with Crippen LogP contribution in [-0.4, -0.2) is 34.2 Å². The molecule has 4 atom stereocenters. The molecule has 4 heteroatoms. The topological polar surface area (TPSA) is 49.3 Å². The summed E-state index contributed by atoms with van der Waals surface area (Å²) >= 11 is 2.10. The van der Waals surface area contributed by atoms with Gasteiger partial charge in [-0.05, 0) is 56.2 Å². The summed E-state index contributed by atoms with van der Waals surface area (Å²) in [5, 5.41) is 13.8.